The summed E-state index contributed by atoms with van der Waals surface area (Å²) >= 11 is 0. The average Bonchev–Trinajstić information content (AvgIpc) is 2.61. The summed E-state index contributed by atoms with van der Waals surface area (Å²) < 4.78 is 32.6. The van der Waals surface area contributed by atoms with Crippen molar-refractivity contribution in [1.82, 2.24) is 10.0 Å². The summed E-state index contributed by atoms with van der Waals surface area (Å²) in [6.07, 6.45) is 0. The number of aryl methyl sites for hydroxylation is 1. The molecule has 2 rings (SSSR count). The maximum atomic E-state index is 12.6. The van der Waals surface area contributed by atoms with Gasteiger partial charge in [0.05, 0.1) is 11.5 Å². The van der Waals surface area contributed by atoms with Gasteiger partial charge in [0.15, 0.2) is 0 Å². The van der Waals surface area contributed by atoms with Gasteiger partial charge in [-0.25, -0.2) is 13.1 Å². The van der Waals surface area contributed by atoms with Crippen LogP contribution in [0.25, 0.3) is 0 Å². The molecule has 0 saturated carbocycles. The Labute approximate surface area is 148 Å². The van der Waals surface area contributed by atoms with Crippen molar-refractivity contribution in [2.24, 2.45) is 0 Å². The first kappa shape index (κ1) is 19.1. The van der Waals surface area contributed by atoms with Crippen LogP contribution in [0, 0.1) is 6.92 Å². The molecule has 0 aliphatic carbocycles. The average molecular weight is 362 g/mol. The van der Waals surface area contributed by atoms with Crippen LogP contribution in [0.15, 0.2) is 53.4 Å². The number of methoxy groups -OCH3 is 1. The summed E-state index contributed by atoms with van der Waals surface area (Å²) in [5.74, 6) is -0.337. The van der Waals surface area contributed by atoms with E-state index in [-0.39, 0.29) is 17.3 Å². The maximum absolute atomic E-state index is 12.6. The van der Waals surface area contributed by atoms with Gasteiger partial charge in [-0.1, -0.05) is 36.4 Å². The maximum Gasteiger partial charge on any atom is 0.251 e. The molecule has 0 saturated heterocycles. The van der Waals surface area contributed by atoms with Crippen LogP contribution in [0.2, 0.25) is 0 Å². The highest BCUT2D eigenvalue weighted by Crippen LogP contribution is 2.17. The molecule has 7 heteroatoms. The van der Waals surface area contributed by atoms with Crippen LogP contribution in [0.1, 0.15) is 21.5 Å². The first-order chi connectivity index (χ1) is 11.9. The molecule has 134 valence electrons. The molecule has 2 aromatic rings. The number of hydrogen-bond acceptors (Lipinski definition) is 4. The molecule has 0 radical (unpaired) electrons. The SMILES string of the molecule is COCCNC(=O)c1ccc(C)c(S(=O)(=O)NCc2ccccc2)c1. The van der Waals surface area contributed by atoms with Gasteiger partial charge in [0.25, 0.3) is 5.91 Å². The van der Waals surface area contributed by atoms with Crippen molar-refractivity contribution >= 4 is 15.9 Å². The lowest BCUT2D eigenvalue weighted by Gasteiger charge is -2.11. The second-order valence-electron chi connectivity index (χ2n) is 5.54. The molecule has 0 unspecified atom stereocenters. The van der Waals surface area contributed by atoms with Crippen molar-refractivity contribution in [2.45, 2.75) is 18.4 Å². The Morgan fingerprint density at radius 1 is 1.12 bits per heavy atom. The van der Waals surface area contributed by atoms with Crippen LogP contribution in [-0.2, 0) is 21.3 Å². The highest BCUT2D eigenvalue weighted by atomic mass is 32.2. The molecule has 6 nitrogen and oxygen atoms in total. The van der Waals surface area contributed by atoms with Gasteiger partial charge < -0.3 is 10.1 Å². The van der Waals surface area contributed by atoms with E-state index in [1.54, 1.807) is 26.2 Å². The Balaban J connectivity index is 2.16. The number of amides is 1. The molecule has 0 aliphatic heterocycles. The molecule has 0 aromatic heterocycles. The number of hydrogen-bond donors (Lipinski definition) is 2. The number of benzene rings is 2. The Hall–Kier alpha value is -2.22. The van der Waals surface area contributed by atoms with Gasteiger partial charge in [-0.2, -0.15) is 0 Å². The van der Waals surface area contributed by atoms with Crippen molar-refractivity contribution in [3.05, 3.63) is 65.2 Å². The molecular formula is C18H22N2O4S. The van der Waals surface area contributed by atoms with E-state index in [2.05, 4.69) is 10.0 Å². The van der Waals surface area contributed by atoms with E-state index in [0.29, 0.717) is 24.3 Å². The first-order valence-corrected chi connectivity index (χ1v) is 9.34. The minimum absolute atomic E-state index is 0.0998. The zero-order chi connectivity index (χ0) is 18.3. The third-order valence-corrected chi connectivity index (χ3v) is 5.18. The second kappa shape index (κ2) is 8.75. The van der Waals surface area contributed by atoms with Crippen molar-refractivity contribution < 1.29 is 17.9 Å². The number of rotatable bonds is 8. The van der Waals surface area contributed by atoms with Gasteiger partial charge in [0.2, 0.25) is 10.0 Å². The lowest BCUT2D eigenvalue weighted by atomic mass is 10.1. The van der Waals surface area contributed by atoms with Crippen LogP contribution in [0.5, 0.6) is 0 Å². The lowest BCUT2D eigenvalue weighted by molar-refractivity contribution is 0.0937. The van der Waals surface area contributed by atoms with Crippen LogP contribution in [-0.4, -0.2) is 34.6 Å². The molecule has 2 aromatic carbocycles. The standard InChI is InChI=1S/C18H22N2O4S/c1-14-8-9-16(18(21)19-10-11-24-2)12-17(14)25(22,23)20-13-15-6-4-3-5-7-15/h3-9,12,20H,10-11,13H2,1-2H3,(H,19,21). The zero-order valence-corrected chi connectivity index (χ0v) is 15.1. The molecule has 0 spiro atoms. The van der Waals surface area contributed by atoms with E-state index in [0.717, 1.165) is 5.56 Å². The molecule has 0 bridgehead atoms. The third-order valence-electron chi connectivity index (χ3n) is 3.64. The molecule has 0 aliphatic rings. The largest absolute Gasteiger partial charge is 0.383 e. The molecule has 0 atom stereocenters. The minimum Gasteiger partial charge on any atom is -0.383 e. The molecular weight excluding hydrogens is 340 g/mol. The molecule has 2 N–H and O–H groups in total. The van der Waals surface area contributed by atoms with Gasteiger partial charge in [0.1, 0.15) is 0 Å². The van der Waals surface area contributed by atoms with Gasteiger partial charge in [-0.3, -0.25) is 4.79 Å². The fraction of sp³-hybridized carbons (Fsp3) is 0.278. The summed E-state index contributed by atoms with van der Waals surface area (Å²) in [5, 5.41) is 2.68. The van der Waals surface area contributed by atoms with E-state index < -0.39 is 10.0 Å². The smallest absolute Gasteiger partial charge is 0.251 e. The Kier molecular flexibility index (Phi) is 6.69. The van der Waals surface area contributed by atoms with Crippen LogP contribution in [0.3, 0.4) is 0 Å². The highest BCUT2D eigenvalue weighted by molar-refractivity contribution is 7.89. The molecule has 0 fully saturated rings. The first-order valence-electron chi connectivity index (χ1n) is 7.85. The summed E-state index contributed by atoms with van der Waals surface area (Å²) in [7, 11) is -2.18. The number of nitrogens with one attached hydrogen (secondary N) is 2. The number of sulfonamides is 1. The van der Waals surface area contributed by atoms with Crippen LogP contribution < -0.4 is 10.0 Å². The normalized spacial score (nSPS) is 11.3. The quantitative estimate of drug-likeness (QED) is 0.702. The monoisotopic (exact) mass is 362 g/mol. The Morgan fingerprint density at radius 2 is 1.84 bits per heavy atom. The minimum atomic E-state index is -3.73. The third kappa shape index (κ3) is 5.38. The van der Waals surface area contributed by atoms with Crippen molar-refractivity contribution in [1.29, 1.82) is 0 Å². The lowest BCUT2D eigenvalue weighted by Crippen LogP contribution is -2.28. The van der Waals surface area contributed by atoms with Gasteiger partial charge >= 0.3 is 0 Å². The second-order valence-corrected chi connectivity index (χ2v) is 7.27. The van der Waals surface area contributed by atoms with E-state index in [1.165, 1.54) is 6.07 Å². The van der Waals surface area contributed by atoms with E-state index >= 15 is 0 Å². The van der Waals surface area contributed by atoms with Gasteiger partial charge in [-0.15, -0.1) is 0 Å². The topological polar surface area (TPSA) is 84.5 Å². The zero-order valence-electron chi connectivity index (χ0n) is 14.3. The number of carbonyl (C=O) groups is 1. The molecule has 25 heavy (non-hydrogen) atoms. The number of carbonyl (C=O) groups excluding carboxylic acids is 1. The van der Waals surface area contributed by atoms with Crippen LogP contribution in [0.4, 0.5) is 0 Å². The summed E-state index contributed by atoms with van der Waals surface area (Å²) in [4.78, 5) is 12.2. The van der Waals surface area contributed by atoms with E-state index in [4.69, 9.17) is 4.74 Å². The highest BCUT2D eigenvalue weighted by Gasteiger charge is 2.19. The predicted molar refractivity (Wildman–Crippen MR) is 95.9 cm³/mol. The molecule has 1 amide bonds. The summed E-state index contributed by atoms with van der Waals surface area (Å²) in [5.41, 5.74) is 1.73. The summed E-state index contributed by atoms with van der Waals surface area (Å²) in [6, 6.07) is 13.9. The number of ether oxygens (including phenoxy) is 1. The van der Waals surface area contributed by atoms with Gasteiger partial charge in [-0.05, 0) is 30.2 Å². The Morgan fingerprint density at radius 3 is 2.52 bits per heavy atom. The predicted octanol–water partition coefficient (Wildman–Crippen LogP) is 1.85. The van der Waals surface area contributed by atoms with E-state index in [1.807, 2.05) is 30.3 Å². The fourth-order valence-electron chi connectivity index (χ4n) is 2.25. The van der Waals surface area contributed by atoms with Crippen LogP contribution >= 0.6 is 0 Å². The van der Waals surface area contributed by atoms with Crippen molar-refractivity contribution in [3.8, 4) is 0 Å². The fourth-order valence-corrected chi connectivity index (χ4v) is 3.54. The molecule has 0 heterocycles. The Bertz CT molecular complexity index is 820. The van der Waals surface area contributed by atoms with Crippen molar-refractivity contribution in [2.75, 3.05) is 20.3 Å². The summed E-state index contributed by atoms with van der Waals surface area (Å²) in [6.45, 7) is 2.63. The van der Waals surface area contributed by atoms with Crippen molar-refractivity contribution in [3.63, 3.8) is 0 Å². The van der Waals surface area contributed by atoms with Gasteiger partial charge in [0, 0.05) is 25.8 Å². The van der Waals surface area contributed by atoms with E-state index in [9.17, 15) is 13.2 Å².